The van der Waals surface area contributed by atoms with Crippen molar-refractivity contribution in [3.8, 4) is 0 Å². The van der Waals surface area contributed by atoms with Crippen molar-refractivity contribution < 1.29 is 19.1 Å². The van der Waals surface area contributed by atoms with Gasteiger partial charge in [0.25, 0.3) is 5.91 Å². The molecule has 0 radical (unpaired) electrons. The van der Waals surface area contributed by atoms with Gasteiger partial charge in [0.15, 0.2) is 0 Å². The molecule has 1 saturated heterocycles. The Balaban J connectivity index is 1.55. The number of carbonyl (C=O) groups excluding carboxylic acids is 3. The molecule has 1 aromatic heterocycles. The summed E-state index contributed by atoms with van der Waals surface area (Å²) in [6.45, 7) is 3.80. The third-order valence-corrected chi connectivity index (χ3v) is 7.21. The van der Waals surface area contributed by atoms with Gasteiger partial charge in [-0.2, -0.15) is 0 Å². The van der Waals surface area contributed by atoms with Gasteiger partial charge in [-0.3, -0.25) is 9.59 Å². The summed E-state index contributed by atoms with van der Waals surface area (Å²) in [6, 6.07) is 15.0. The molecule has 3 aromatic rings. The normalized spacial score (nSPS) is 20.2. The first-order valence-electron chi connectivity index (χ1n) is 12.0. The predicted molar refractivity (Wildman–Crippen MR) is 132 cm³/mol. The van der Waals surface area contributed by atoms with Gasteiger partial charge >= 0.3 is 6.09 Å². The van der Waals surface area contributed by atoms with E-state index >= 15 is 0 Å². The highest BCUT2D eigenvalue weighted by Crippen LogP contribution is 2.45. The van der Waals surface area contributed by atoms with Crippen molar-refractivity contribution in [2.75, 3.05) is 39.8 Å². The van der Waals surface area contributed by atoms with Gasteiger partial charge in [-0.15, -0.1) is 0 Å². The first kappa shape index (κ1) is 23.0. The van der Waals surface area contributed by atoms with E-state index in [1.165, 1.54) is 0 Å². The second-order valence-corrected chi connectivity index (χ2v) is 9.15. The highest BCUT2D eigenvalue weighted by atomic mass is 16.6. The number of likely N-dealkylation sites (N-methyl/N-ethyl adjacent to an activating group) is 1. The molecule has 8 heteroatoms. The van der Waals surface area contributed by atoms with E-state index in [1.54, 1.807) is 29.8 Å². The van der Waals surface area contributed by atoms with Gasteiger partial charge in [0.05, 0.1) is 18.6 Å². The van der Waals surface area contributed by atoms with E-state index in [0.29, 0.717) is 38.3 Å². The average Bonchev–Trinajstić information content (AvgIpc) is 3.22. The summed E-state index contributed by atoms with van der Waals surface area (Å²) in [5.41, 5.74) is 3.33. The quantitative estimate of drug-likeness (QED) is 0.583. The summed E-state index contributed by atoms with van der Waals surface area (Å²) in [7, 11) is 3.76. The standard InChI is InChI=1S/C27H30N4O4/c1-4-35-27(34)31-15-13-30(14-16-31)26(33)23-19-10-5-6-11-20(19)25(32)29(3)24(23)21-17-28(2)22-12-8-7-9-18(21)22/h5-12,17,23-24H,4,13-16H2,1-3H3/t23-,24+/m0/s1. The summed E-state index contributed by atoms with van der Waals surface area (Å²) in [5.74, 6) is -0.665. The second-order valence-electron chi connectivity index (χ2n) is 9.15. The lowest BCUT2D eigenvalue weighted by atomic mass is 9.79. The van der Waals surface area contributed by atoms with Gasteiger partial charge in [0.1, 0.15) is 0 Å². The monoisotopic (exact) mass is 474 g/mol. The fraction of sp³-hybridized carbons (Fsp3) is 0.370. The minimum atomic E-state index is -0.547. The zero-order valence-corrected chi connectivity index (χ0v) is 20.3. The van der Waals surface area contributed by atoms with Crippen LogP contribution in [0.3, 0.4) is 0 Å². The number of aromatic nitrogens is 1. The Morgan fingerprint density at radius 1 is 0.914 bits per heavy atom. The maximum atomic E-state index is 14.1. The number of piperazine rings is 1. The molecule has 0 spiro atoms. The number of nitrogens with zero attached hydrogens (tertiary/aromatic N) is 4. The Kier molecular flexibility index (Phi) is 5.96. The fourth-order valence-electron chi connectivity index (χ4n) is 5.46. The highest BCUT2D eigenvalue weighted by Gasteiger charge is 2.45. The van der Waals surface area contributed by atoms with Crippen LogP contribution in [0.1, 0.15) is 40.4 Å². The molecular weight excluding hydrogens is 444 g/mol. The van der Waals surface area contributed by atoms with Gasteiger partial charge in [0.2, 0.25) is 5.91 Å². The van der Waals surface area contributed by atoms with Gasteiger partial charge in [-0.25, -0.2) is 4.79 Å². The minimum absolute atomic E-state index is 0.0294. The molecule has 8 nitrogen and oxygen atoms in total. The van der Waals surface area contributed by atoms with Crippen LogP contribution in [0.4, 0.5) is 4.79 Å². The molecule has 2 atom stereocenters. The number of ether oxygens (including phenoxy) is 1. The molecule has 0 aliphatic carbocycles. The maximum absolute atomic E-state index is 14.1. The average molecular weight is 475 g/mol. The van der Waals surface area contributed by atoms with E-state index in [2.05, 4.69) is 0 Å². The molecule has 2 aromatic carbocycles. The zero-order chi connectivity index (χ0) is 24.7. The molecule has 2 aliphatic heterocycles. The van der Waals surface area contributed by atoms with Crippen LogP contribution in [-0.4, -0.2) is 77.0 Å². The molecule has 3 amide bonds. The van der Waals surface area contributed by atoms with Crippen molar-refractivity contribution >= 4 is 28.8 Å². The number of para-hydroxylation sites is 1. The SMILES string of the molecule is CCOC(=O)N1CCN(C(=O)[C@H]2c3ccccc3C(=O)N(C)[C@@H]2c2cn(C)c3ccccc23)CC1. The number of hydrogen-bond donors (Lipinski definition) is 0. The van der Waals surface area contributed by atoms with Crippen LogP contribution in [0.2, 0.25) is 0 Å². The van der Waals surface area contributed by atoms with Crippen LogP contribution < -0.4 is 0 Å². The summed E-state index contributed by atoms with van der Waals surface area (Å²) in [5, 5.41) is 1.03. The third-order valence-electron chi connectivity index (χ3n) is 7.21. The van der Waals surface area contributed by atoms with Crippen LogP contribution in [-0.2, 0) is 16.6 Å². The summed E-state index contributed by atoms with van der Waals surface area (Å²) < 4.78 is 7.17. The Labute approximate surface area is 204 Å². The van der Waals surface area contributed by atoms with Crippen molar-refractivity contribution in [1.82, 2.24) is 19.3 Å². The maximum Gasteiger partial charge on any atom is 0.409 e. The predicted octanol–water partition coefficient (Wildman–Crippen LogP) is 3.39. The smallest absolute Gasteiger partial charge is 0.409 e. The van der Waals surface area contributed by atoms with Crippen molar-refractivity contribution in [3.05, 3.63) is 71.4 Å². The van der Waals surface area contributed by atoms with E-state index < -0.39 is 12.0 Å². The Bertz CT molecular complexity index is 1290. The summed E-state index contributed by atoms with van der Waals surface area (Å²) >= 11 is 0. The van der Waals surface area contributed by atoms with Crippen LogP contribution in [0.5, 0.6) is 0 Å². The van der Waals surface area contributed by atoms with Crippen LogP contribution in [0, 0.1) is 0 Å². The molecule has 0 unspecified atom stereocenters. The number of rotatable bonds is 3. The van der Waals surface area contributed by atoms with Crippen molar-refractivity contribution in [3.63, 3.8) is 0 Å². The van der Waals surface area contributed by atoms with Gasteiger partial charge in [-0.1, -0.05) is 36.4 Å². The second kappa shape index (κ2) is 9.09. The lowest BCUT2D eigenvalue weighted by Crippen LogP contribution is -2.54. The van der Waals surface area contributed by atoms with Crippen molar-refractivity contribution in [1.29, 1.82) is 0 Å². The molecule has 1 fully saturated rings. The summed E-state index contributed by atoms with van der Waals surface area (Å²) in [4.78, 5) is 44.9. The Hall–Kier alpha value is -3.81. The Morgan fingerprint density at radius 2 is 1.57 bits per heavy atom. The third kappa shape index (κ3) is 3.83. The number of carbonyl (C=O) groups is 3. The number of benzene rings is 2. The molecule has 5 rings (SSSR count). The molecule has 0 bridgehead atoms. The van der Waals surface area contributed by atoms with E-state index in [4.69, 9.17) is 4.74 Å². The number of amides is 3. The van der Waals surface area contributed by atoms with E-state index in [1.807, 2.05) is 65.2 Å². The van der Waals surface area contributed by atoms with Gasteiger partial charge in [-0.05, 0) is 24.6 Å². The van der Waals surface area contributed by atoms with E-state index in [0.717, 1.165) is 22.0 Å². The van der Waals surface area contributed by atoms with Crippen LogP contribution in [0.15, 0.2) is 54.7 Å². The lowest BCUT2D eigenvalue weighted by molar-refractivity contribution is -0.136. The number of hydrogen-bond acceptors (Lipinski definition) is 4. The van der Waals surface area contributed by atoms with Gasteiger partial charge < -0.3 is 24.0 Å². The number of aryl methyl sites for hydroxylation is 1. The van der Waals surface area contributed by atoms with Crippen molar-refractivity contribution in [2.24, 2.45) is 7.05 Å². The molecule has 2 aliphatic rings. The largest absolute Gasteiger partial charge is 0.450 e. The fourth-order valence-corrected chi connectivity index (χ4v) is 5.46. The first-order valence-corrected chi connectivity index (χ1v) is 12.0. The van der Waals surface area contributed by atoms with Crippen molar-refractivity contribution in [2.45, 2.75) is 18.9 Å². The number of fused-ring (bicyclic) bond motifs is 2. The molecule has 0 N–H and O–H groups in total. The van der Waals surface area contributed by atoms with E-state index in [-0.39, 0.29) is 17.9 Å². The molecule has 35 heavy (non-hydrogen) atoms. The van der Waals surface area contributed by atoms with E-state index in [9.17, 15) is 14.4 Å². The summed E-state index contributed by atoms with van der Waals surface area (Å²) in [6.07, 6.45) is 1.69. The zero-order valence-electron chi connectivity index (χ0n) is 20.3. The topological polar surface area (TPSA) is 75.1 Å². The molecule has 0 saturated carbocycles. The van der Waals surface area contributed by atoms with Crippen LogP contribution >= 0.6 is 0 Å². The van der Waals surface area contributed by atoms with Crippen LogP contribution in [0.25, 0.3) is 10.9 Å². The molecule has 182 valence electrons. The molecule has 3 heterocycles. The van der Waals surface area contributed by atoms with Gasteiger partial charge in [0, 0.05) is 68.5 Å². The minimum Gasteiger partial charge on any atom is -0.450 e. The lowest BCUT2D eigenvalue weighted by Gasteiger charge is -2.43. The highest BCUT2D eigenvalue weighted by molar-refractivity contribution is 6.02. The molecular formula is C27H30N4O4. The first-order chi connectivity index (χ1) is 16.9. The Morgan fingerprint density at radius 3 is 2.31 bits per heavy atom.